The van der Waals surface area contributed by atoms with Crippen molar-refractivity contribution >= 4 is 11.6 Å². The van der Waals surface area contributed by atoms with Gasteiger partial charge in [-0.15, -0.1) is 0 Å². The van der Waals surface area contributed by atoms with Crippen LogP contribution in [0, 0.1) is 18.6 Å². The molecule has 29 heavy (non-hydrogen) atoms. The zero-order valence-electron chi connectivity index (χ0n) is 16.1. The van der Waals surface area contributed by atoms with Gasteiger partial charge in [0.05, 0.1) is 5.69 Å². The summed E-state index contributed by atoms with van der Waals surface area (Å²) in [6.07, 6.45) is 5.58. The van der Waals surface area contributed by atoms with Gasteiger partial charge in [-0.05, 0) is 42.7 Å². The quantitative estimate of drug-likeness (QED) is 0.664. The number of carbonyl (C=O) groups is 1. The molecule has 4 rings (SSSR count). The summed E-state index contributed by atoms with van der Waals surface area (Å²) < 4.78 is 34.2. The summed E-state index contributed by atoms with van der Waals surface area (Å²) in [6.45, 7) is 1.86. The normalized spacial score (nSPS) is 13.4. The van der Waals surface area contributed by atoms with Crippen LogP contribution in [0.1, 0.15) is 23.1 Å². The van der Waals surface area contributed by atoms with Gasteiger partial charge in [0.1, 0.15) is 12.4 Å². The van der Waals surface area contributed by atoms with Crippen molar-refractivity contribution in [1.82, 2.24) is 9.97 Å². The number of aromatic nitrogens is 2. The Morgan fingerprint density at radius 1 is 1.14 bits per heavy atom. The van der Waals surface area contributed by atoms with Gasteiger partial charge in [-0.3, -0.25) is 9.78 Å². The van der Waals surface area contributed by atoms with Crippen LogP contribution in [0.15, 0.2) is 42.9 Å². The zero-order valence-corrected chi connectivity index (χ0v) is 16.1. The molecule has 2 aromatic heterocycles. The van der Waals surface area contributed by atoms with E-state index in [0.717, 1.165) is 11.1 Å². The van der Waals surface area contributed by atoms with Gasteiger partial charge in [-0.25, -0.2) is 13.8 Å². The third-order valence-corrected chi connectivity index (χ3v) is 5.21. The van der Waals surface area contributed by atoms with Crippen LogP contribution < -0.4 is 9.64 Å². The molecule has 1 aromatic carbocycles. The number of benzene rings is 1. The maximum atomic E-state index is 14.9. The summed E-state index contributed by atoms with van der Waals surface area (Å²) in [4.78, 5) is 21.8. The number of rotatable bonds is 4. The van der Waals surface area contributed by atoms with Crippen molar-refractivity contribution in [3.8, 4) is 17.0 Å². The molecular weight excluding hydrogens is 376 g/mol. The fourth-order valence-corrected chi connectivity index (χ4v) is 3.57. The van der Waals surface area contributed by atoms with Crippen LogP contribution in [0.2, 0.25) is 0 Å². The monoisotopic (exact) mass is 395 g/mol. The van der Waals surface area contributed by atoms with E-state index in [1.165, 1.54) is 29.3 Å². The zero-order chi connectivity index (χ0) is 20.5. The molecule has 1 aliphatic rings. The molecule has 0 fully saturated rings. The predicted molar refractivity (Wildman–Crippen MR) is 105 cm³/mol. The maximum Gasteiger partial charge on any atom is 0.250 e. The second kappa shape index (κ2) is 7.58. The lowest BCUT2D eigenvalue weighted by atomic mass is 9.91. The first-order valence-electron chi connectivity index (χ1n) is 9.22. The number of aryl methyl sites for hydroxylation is 1. The summed E-state index contributed by atoms with van der Waals surface area (Å²) in [5.41, 5.74) is 3.82. The highest BCUT2D eigenvalue weighted by Crippen LogP contribution is 2.40. The SMILES string of the molecule is Cc1c(COc2ncccc2F)cncc1-c1c(F)ccc2c1N(C)C(=O)CC2. The van der Waals surface area contributed by atoms with Crippen LogP contribution >= 0.6 is 0 Å². The van der Waals surface area contributed by atoms with Crippen LogP contribution in [0.3, 0.4) is 0 Å². The minimum absolute atomic E-state index is 0.0337. The number of halogens is 2. The molecule has 0 unspecified atom stereocenters. The van der Waals surface area contributed by atoms with Gasteiger partial charge in [-0.1, -0.05) is 6.07 Å². The van der Waals surface area contributed by atoms with E-state index in [1.807, 2.05) is 6.92 Å². The van der Waals surface area contributed by atoms with E-state index < -0.39 is 11.6 Å². The van der Waals surface area contributed by atoms with Crippen LogP contribution in [-0.4, -0.2) is 22.9 Å². The number of pyridine rings is 2. The predicted octanol–water partition coefficient (Wildman–Crippen LogP) is 4.22. The summed E-state index contributed by atoms with van der Waals surface area (Å²) >= 11 is 0. The highest BCUT2D eigenvalue weighted by Gasteiger charge is 2.27. The molecule has 7 heteroatoms. The van der Waals surface area contributed by atoms with Crippen molar-refractivity contribution in [3.05, 3.63) is 71.2 Å². The van der Waals surface area contributed by atoms with Gasteiger partial charge in [0.15, 0.2) is 5.82 Å². The Kier molecular flexibility index (Phi) is 4.96. The lowest BCUT2D eigenvalue weighted by molar-refractivity contribution is -0.118. The molecule has 0 saturated heterocycles. The average Bonchev–Trinajstić information content (AvgIpc) is 2.72. The van der Waals surface area contributed by atoms with Crippen molar-refractivity contribution in [2.24, 2.45) is 0 Å². The molecule has 1 amide bonds. The molecule has 0 saturated carbocycles. The van der Waals surface area contributed by atoms with Gasteiger partial charge < -0.3 is 9.64 Å². The average molecular weight is 395 g/mol. The molecule has 148 valence electrons. The molecule has 0 bridgehead atoms. The first-order chi connectivity index (χ1) is 14.0. The van der Waals surface area contributed by atoms with E-state index >= 15 is 0 Å². The summed E-state index contributed by atoms with van der Waals surface area (Å²) in [5.74, 6) is -1.15. The van der Waals surface area contributed by atoms with E-state index in [1.54, 1.807) is 25.5 Å². The summed E-state index contributed by atoms with van der Waals surface area (Å²) in [6, 6.07) is 5.89. The molecule has 3 heterocycles. The van der Waals surface area contributed by atoms with Crippen LogP contribution in [0.4, 0.5) is 14.5 Å². The first-order valence-corrected chi connectivity index (χ1v) is 9.22. The third kappa shape index (κ3) is 3.44. The number of anilines is 1. The maximum absolute atomic E-state index is 14.9. The van der Waals surface area contributed by atoms with E-state index in [-0.39, 0.29) is 18.4 Å². The number of hydrogen-bond acceptors (Lipinski definition) is 4. The van der Waals surface area contributed by atoms with E-state index in [9.17, 15) is 13.6 Å². The number of hydrogen-bond donors (Lipinski definition) is 0. The molecule has 0 N–H and O–H groups in total. The number of ether oxygens (including phenoxy) is 1. The van der Waals surface area contributed by atoms with Gasteiger partial charge in [-0.2, -0.15) is 0 Å². The van der Waals surface area contributed by atoms with Crippen molar-refractivity contribution in [2.75, 3.05) is 11.9 Å². The van der Waals surface area contributed by atoms with Gasteiger partial charge in [0, 0.05) is 48.7 Å². The fourth-order valence-electron chi connectivity index (χ4n) is 3.57. The number of carbonyl (C=O) groups excluding carboxylic acids is 1. The molecule has 1 aliphatic heterocycles. The third-order valence-electron chi connectivity index (χ3n) is 5.21. The molecule has 0 spiro atoms. The Labute approximate surface area is 167 Å². The van der Waals surface area contributed by atoms with Gasteiger partial charge >= 0.3 is 0 Å². The van der Waals surface area contributed by atoms with E-state index in [0.29, 0.717) is 35.2 Å². The second-order valence-electron chi connectivity index (χ2n) is 6.93. The minimum atomic E-state index is -0.558. The molecule has 0 atom stereocenters. The van der Waals surface area contributed by atoms with E-state index in [4.69, 9.17) is 4.74 Å². The summed E-state index contributed by atoms with van der Waals surface area (Å²) in [5, 5.41) is 0. The smallest absolute Gasteiger partial charge is 0.250 e. The Balaban J connectivity index is 1.75. The molecule has 5 nitrogen and oxygen atoms in total. The highest BCUT2D eigenvalue weighted by atomic mass is 19.1. The lowest BCUT2D eigenvalue weighted by Crippen LogP contribution is -2.32. The number of nitrogens with zero attached hydrogens (tertiary/aromatic N) is 3. The van der Waals surface area contributed by atoms with Crippen LogP contribution in [0.25, 0.3) is 11.1 Å². The number of fused-ring (bicyclic) bond motifs is 1. The minimum Gasteiger partial charge on any atom is -0.471 e. The lowest BCUT2D eigenvalue weighted by Gasteiger charge is -2.29. The largest absolute Gasteiger partial charge is 0.471 e. The topological polar surface area (TPSA) is 55.3 Å². The fraction of sp³-hybridized carbons (Fsp3) is 0.227. The van der Waals surface area contributed by atoms with Crippen LogP contribution in [-0.2, 0) is 17.8 Å². The standard InChI is InChI=1S/C22H19F2N3O2/c1-13-15(12-29-22-18(24)4-3-9-26-22)10-25-11-16(13)20-17(23)7-5-14-6-8-19(28)27(2)21(14)20/h3-5,7,9-11H,6,8,12H2,1-2H3. The molecule has 0 aliphatic carbocycles. The Hall–Kier alpha value is -3.35. The second-order valence-corrected chi connectivity index (χ2v) is 6.93. The van der Waals surface area contributed by atoms with Crippen molar-refractivity contribution in [1.29, 1.82) is 0 Å². The molecular formula is C22H19F2N3O2. The van der Waals surface area contributed by atoms with Crippen molar-refractivity contribution in [2.45, 2.75) is 26.4 Å². The Bertz CT molecular complexity index is 1100. The molecule has 3 aromatic rings. The van der Waals surface area contributed by atoms with E-state index in [2.05, 4.69) is 9.97 Å². The highest BCUT2D eigenvalue weighted by molar-refractivity contribution is 6.01. The van der Waals surface area contributed by atoms with Gasteiger partial charge in [0.2, 0.25) is 5.91 Å². The first kappa shape index (κ1) is 19.0. The van der Waals surface area contributed by atoms with Crippen molar-refractivity contribution in [3.63, 3.8) is 0 Å². The molecule has 0 radical (unpaired) electrons. The Morgan fingerprint density at radius 2 is 1.97 bits per heavy atom. The number of amides is 1. The van der Waals surface area contributed by atoms with Crippen LogP contribution in [0.5, 0.6) is 5.88 Å². The van der Waals surface area contributed by atoms with Gasteiger partial charge in [0.25, 0.3) is 5.88 Å². The Morgan fingerprint density at radius 3 is 2.76 bits per heavy atom. The summed E-state index contributed by atoms with van der Waals surface area (Å²) in [7, 11) is 1.66. The van der Waals surface area contributed by atoms with Crippen molar-refractivity contribution < 1.29 is 18.3 Å².